The molecule has 5 nitrogen and oxygen atoms in total. The van der Waals surface area contributed by atoms with Crippen LogP contribution in [0.2, 0.25) is 0 Å². The molecule has 23 heavy (non-hydrogen) atoms. The van der Waals surface area contributed by atoms with E-state index in [9.17, 15) is 4.79 Å². The van der Waals surface area contributed by atoms with Crippen LogP contribution in [0.1, 0.15) is 12.0 Å². The number of carbonyl (C=O) groups is 1. The maximum Gasteiger partial charge on any atom is 0.227 e. The van der Waals surface area contributed by atoms with E-state index in [0.717, 1.165) is 35.5 Å². The van der Waals surface area contributed by atoms with Crippen molar-refractivity contribution in [2.45, 2.75) is 12.8 Å². The van der Waals surface area contributed by atoms with Crippen molar-refractivity contribution in [3.05, 3.63) is 42.2 Å². The summed E-state index contributed by atoms with van der Waals surface area (Å²) in [6.45, 7) is 1.40. The number of fused-ring (bicyclic) bond motifs is 1. The third-order valence-electron chi connectivity index (χ3n) is 4.09. The normalized spacial score (nSPS) is 13.8. The van der Waals surface area contributed by atoms with Crippen molar-refractivity contribution in [1.29, 1.82) is 0 Å². The first kappa shape index (κ1) is 15.5. The smallest absolute Gasteiger partial charge is 0.227 e. The van der Waals surface area contributed by atoms with Gasteiger partial charge in [0.1, 0.15) is 12.4 Å². The fourth-order valence-corrected chi connectivity index (χ4v) is 2.76. The van der Waals surface area contributed by atoms with Crippen LogP contribution in [0.5, 0.6) is 5.75 Å². The lowest BCUT2D eigenvalue weighted by Gasteiger charge is -2.26. The highest BCUT2D eigenvalue weighted by Crippen LogP contribution is 2.32. The average molecular weight is 311 g/mol. The van der Waals surface area contributed by atoms with Crippen LogP contribution in [0.4, 0.5) is 5.69 Å². The second kappa shape index (κ2) is 6.79. The molecule has 0 atom stereocenters. The zero-order valence-corrected chi connectivity index (χ0v) is 13.5. The molecule has 2 heterocycles. The summed E-state index contributed by atoms with van der Waals surface area (Å²) in [6.07, 6.45) is 4.92. The van der Waals surface area contributed by atoms with E-state index in [1.165, 1.54) is 5.56 Å². The molecule has 0 radical (unpaired) electrons. The van der Waals surface area contributed by atoms with E-state index in [0.29, 0.717) is 13.0 Å². The number of hydrogen-bond acceptors (Lipinski definition) is 4. The van der Waals surface area contributed by atoms with Gasteiger partial charge in [-0.05, 0) is 42.8 Å². The fourth-order valence-electron chi connectivity index (χ4n) is 2.76. The Labute approximate surface area is 136 Å². The molecule has 1 N–H and O–H groups in total. The predicted octanol–water partition coefficient (Wildman–Crippen LogP) is 2.26. The van der Waals surface area contributed by atoms with Crippen molar-refractivity contribution < 1.29 is 9.53 Å². The average Bonchev–Trinajstić information content (AvgIpc) is 2.58. The topological polar surface area (TPSA) is 54.5 Å². The number of rotatable bonds is 5. The minimum absolute atomic E-state index is 0.173. The van der Waals surface area contributed by atoms with Gasteiger partial charge in [-0.1, -0.05) is 6.07 Å². The first-order chi connectivity index (χ1) is 11.2. The minimum Gasteiger partial charge on any atom is -0.491 e. The van der Waals surface area contributed by atoms with Gasteiger partial charge >= 0.3 is 0 Å². The van der Waals surface area contributed by atoms with Crippen molar-refractivity contribution in [3.63, 3.8) is 0 Å². The van der Waals surface area contributed by atoms with Crippen LogP contribution in [0.25, 0.3) is 11.1 Å². The number of amides is 1. The summed E-state index contributed by atoms with van der Waals surface area (Å²) >= 11 is 0. The van der Waals surface area contributed by atoms with Crippen LogP contribution in [0, 0.1) is 0 Å². The molecule has 5 heteroatoms. The van der Waals surface area contributed by atoms with Crippen molar-refractivity contribution in [2.24, 2.45) is 0 Å². The van der Waals surface area contributed by atoms with E-state index in [1.54, 1.807) is 11.1 Å². The molecule has 0 saturated carbocycles. The molecule has 0 aliphatic carbocycles. The zero-order valence-electron chi connectivity index (χ0n) is 13.5. The maximum absolute atomic E-state index is 11.8. The minimum atomic E-state index is 0.173. The third kappa shape index (κ3) is 3.35. The number of nitrogens with one attached hydrogen (secondary N) is 1. The summed E-state index contributed by atoms with van der Waals surface area (Å²) in [4.78, 5) is 17.8. The Kier molecular flexibility index (Phi) is 4.57. The van der Waals surface area contributed by atoms with E-state index >= 15 is 0 Å². The summed E-state index contributed by atoms with van der Waals surface area (Å²) < 4.78 is 5.67. The maximum atomic E-state index is 11.8. The highest BCUT2D eigenvalue weighted by Gasteiger charge is 2.20. The largest absolute Gasteiger partial charge is 0.491 e. The van der Waals surface area contributed by atoms with Gasteiger partial charge in [0.15, 0.2) is 0 Å². The van der Waals surface area contributed by atoms with Gasteiger partial charge in [0.2, 0.25) is 5.91 Å². The molecule has 1 amide bonds. The first-order valence-corrected chi connectivity index (χ1v) is 7.81. The Morgan fingerprint density at radius 2 is 2.09 bits per heavy atom. The summed E-state index contributed by atoms with van der Waals surface area (Å²) in [7, 11) is 3.73. The fraction of sp³-hybridized carbons (Fsp3) is 0.333. The monoisotopic (exact) mass is 311 g/mol. The van der Waals surface area contributed by atoms with Crippen LogP contribution in [0.15, 0.2) is 36.7 Å². The van der Waals surface area contributed by atoms with Crippen molar-refractivity contribution in [1.82, 2.24) is 10.3 Å². The number of aryl methyl sites for hydroxylation is 1. The molecule has 2 aromatic rings. The van der Waals surface area contributed by atoms with E-state index < -0.39 is 0 Å². The van der Waals surface area contributed by atoms with E-state index in [4.69, 9.17) is 4.74 Å². The molecule has 120 valence electrons. The Morgan fingerprint density at radius 3 is 2.91 bits per heavy atom. The van der Waals surface area contributed by atoms with Crippen LogP contribution >= 0.6 is 0 Å². The van der Waals surface area contributed by atoms with Crippen molar-refractivity contribution in [2.75, 3.05) is 32.1 Å². The third-order valence-corrected chi connectivity index (χ3v) is 4.09. The standard InChI is InChI=1S/C18H21N3O2/c1-19-7-8-23-16-10-15(11-20-12-16)13-3-5-17-14(9-13)4-6-18(22)21(17)2/h3,5,9-12,19H,4,6-8H2,1-2H3. The lowest BCUT2D eigenvalue weighted by atomic mass is 9.97. The number of likely N-dealkylation sites (N-methyl/N-ethyl adjacent to an activating group) is 1. The highest BCUT2D eigenvalue weighted by atomic mass is 16.5. The molecule has 0 unspecified atom stereocenters. The summed E-state index contributed by atoms with van der Waals surface area (Å²) in [6, 6.07) is 8.19. The SMILES string of the molecule is CNCCOc1cncc(-c2ccc3c(c2)CCC(=O)N3C)c1. The Bertz CT molecular complexity index is 715. The molecule has 1 aromatic heterocycles. The summed E-state index contributed by atoms with van der Waals surface area (Å²) in [5.41, 5.74) is 4.32. The lowest BCUT2D eigenvalue weighted by Crippen LogP contribution is -2.30. The van der Waals surface area contributed by atoms with Gasteiger partial charge < -0.3 is 15.0 Å². The number of anilines is 1. The Balaban J connectivity index is 1.85. The molecule has 0 saturated heterocycles. The first-order valence-electron chi connectivity index (χ1n) is 7.81. The molecular formula is C18H21N3O2. The van der Waals surface area contributed by atoms with Crippen LogP contribution < -0.4 is 15.0 Å². The number of pyridine rings is 1. The van der Waals surface area contributed by atoms with Crippen LogP contribution in [-0.4, -0.2) is 38.1 Å². The quantitative estimate of drug-likeness (QED) is 0.861. The molecule has 0 fully saturated rings. The molecule has 0 bridgehead atoms. The van der Waals surface area contributed by atoms with E-state index in [-0.39, 0.29) is 5.91 Å². The number of aromatic nitrogens is 1. The zero-order chi connectivity index (χ0) is 16.2. The predicted molar refractivity (Wildman–Crippen MR) is 90.8 cm³/mol. The van der Waals surface area contributed by atoms with Crippen molar-refractivity contribution in [3.8, 4) is 16.9 Å². The Hall–Kier alpha value is -2.40. The Morgan fingerprint density at radius 1 is 1.22 bits per heavy atom. The van der Waals surface area contributed by atoms with Gasteiger partial charge in [-0.15, -0.1) is 0 Å². The van der Waals surface area contributed by atoms with E-state index in [1.807, 2.05) is 38.5 Å². The molecule has 0 spiro atoms. The molecule has 1 aliphatic rings. The van der Waals surface area contributed by atoms with Gasteiger partial charge in [0.25, 0.3) is 0 Å². The van der Waals surface area contributed by atoms with Gasteiger partial charge in [-0.25, -0.2) is 0 Å². The van der Waals surface area contributed by atoms with Gasteiger partial charge in [-0.3, -0.25) is 9.78 Å². The van der Waals surface area contributed by atoms with Crippen molar-refractivity contribution >= 4 is 11.6 Å². The molecular weight excluding hydrogens is 290 g/mol. The van der Waals surface area contributed by atoms with E-state index in [2.05, 4.69) is 16.4 Å². The van der Waals surface area contributed by atoms with Gasteiger partial charge in [0.05, 0.1) is 6.20 Å². The van der Waals surface area contributed by atoms with Gasteiger partial charge in [-0.2, -0.15) is 0 Å². The molecule has 1 aliphatic heterocycles. The van der Waals surface area contributed by atoms with Crippen LogP contribution in [0.3, 0.4) is 0 Å². The molecule has 1 aromatic carbocycles. The summed E-state index contributed by atoms with van der Waals surface area (Å²) in [5, 5.41) is 3.05. The van der Waals surface area contributed by atoms with Crippen LogP contribution in [-0.2, 0) is 11.2 Å². The van der Waals surface area contributed by atoms with Gasteiger partial charge in [0, 0.05) is 37.5 Å². The second-order valence-electron chi connectivity index (χ2n) is 5.66. The second-order valence-corrected chi connectivity index (χ2v) is 5.66. The molecule has 3 rings (SSSR count). The number of nitrogens with zero attached hydrogens (tertiary/aromatic N) is 2. The number of benzene rings is 1. The number of ether oxygens (including phenoxy) is 1. The summed E-state index contributed by atoms with van der Waals surface area (Å²) in [5.74, 6) is 0.939. The highest BCUT2D eigenvalue weighted by molar-refractivity contribution is 5.96. The number of carbonyl (C=O) groups excluding carboxylic acids is 1. The lowest BCUT2D eigenvalue weighted by molar-refractivity contribution is -0.118. The number of hydrogen-bond donors (Lipinski definition) is 1.